The zero-order valence-corrected chi connectivity index (χ0v) is 7.76. The van der Waals surface area contributed by atoms with Crippen LogP contribution in [-0.4, -0.2) is 5.11 Å². The van der Waals surface area contributed by atoms with Gasteiger partial charge in [0.1, 0.15) is 5.76 Å². The van der Waals surface area contributed by atoms with Gasteiger partial charge in [0, 0.05) is 20.6 Å². The molecule has 4 heteroatoms. The first-order valence-electron chi connectivity index (χ1n) is 3.21. The van der Waals surface area contributed by atoms with Gasteiger partial charge in [-0.05, 0) is 12.1 Å². The van der Waals surface area contributed by atoms with Crippen molar-refractivity contribution in [3.8, 4) is 0 Å². The Labute approximate surface area is 77.8 Å². The van der Waals surface area contributed by atoms with E-state index < -0.39 is 0 Å². The molecule has 0 unspecified atom stereocenters. The lowest BCUT2D eigenvalue weighted by atomic mass is 10.1. The van der Waals surface area contributed by atoms with Crippen LogP contribution in [0.5, 0.6) is 0 Å². The molecule has 2 N–H and O–H groups in total. The summed E-state index contributed by atoms with van der Waals surface area (Å²) in [5.74, 6) is -0.130. The van der Waals surface area contributed by atoms with E-state index in [1.165, 1.54) is 0 Å². The van der Waals surface area contributed by atoms with Crippen LogP contribution in [0.2, 0.25) is 0 Å². The predicted molar refractivity (Wildman–Crippen MR) is 49.8 cm³/mol. The summed E-state index contributed by atoms with van der Waals surface area (Å²) >= 11 is 3.21. The minimum absolute atomic E-state index is 0.130. The average molecular weight is 229 g/mol. The summed E-state index contributed by atoms with van der Waals surface area (Å²) < 4.78 is 0.784. The van der Waals surface area contributed by atoms with Crippen LogP contribution in [0.15, 0.2) is 29.3 Å². The van der Waals surface area contributed by atoms with E-state index in [4.69, 9.17) is 5.11 Å². The third-order valence-electron chi connectivity index (χ3n) is 1.40. The Bertz CT molecular complexity index is 336. The Hall–Kier alpha value is -1.16. The van der Waals surface area contributed by atoms with Crippen molar-refractivity contribution < 1.29 is 10.3 Å². The van der Waals surface area contributed by atoms with Gasteiger partial charge >= 0.3 is 0 Å². The van der Waals surface area contributed by atoms with Crippen molar-refractivity contribution in [3.63, 3.8) is 0 Å². The monoisotopic (exact) mass is 228 g/mol. The fourth-order valence-electron chi connectivity index (χ4n) is 0.844. The second-order valence-electron chi connectivity index (χ2n) is 2.24. The van der Waals surface area contributed by atoms with Crippen LogP contribution in [-0.2, 0) is 0 Å². The molecule has 0 bridgehead atoms. The summed E-state index contributed by atoms with van der Waals surface area (Å²) in [7, 11) is 0. The lowest BCUT2D eigenvalue weighted by molar-refractivity contribution is -0.379. The predicted octanol–water partition coefficient (Wildman–Crippen LogP) is 1.46. The number of nitrogens with one attached hydrogen (secondary N) is 1. The number of rotatable bonds is 2. The molecule has 12 heavy (non-hydrogen) atoms. The Kier molecular flexibility index (Phi) is 2.60. The Balaban J connectivity index is 3.30. The van der Waals surface area contributed by atoms with E-state index in [-0.39, 0.29) is 5.76 Å². The van der Waals surface area contributed by atoms with Crippen molar-refractivity contribution in [2.75, 3.05) is 0 Å². The van der Waals surface area contributed by atoms with Crippen LogP contribution in [0.4, 0.5) is 5.69 Å². The van der Waals surface area contributed by atoms with E-state index in [9.17, 15) is 4.91 Å². The van der Waals surface area contributed by atoms with Crippen molar-refractivity contribution in [1.82, 2.24) is 0 Å². The lowest BCUT2D eigenvalue weighted by Crippen LogP contribution is -2.56. The Morgan fingerprint density at radius 2 is 2.25 bits per heavy atom. The van der Waals surface area contributed by atoms with E-state index in [2.05, 4.69) is 22.5 Å². The van der Waals surface area contributed by atoms with Gasteiger partial charge < -0.3 is 5.11 Å². The summed E-state index contributed by atoms with van der Waals surface area (Å²) in [5, 5.41) is 10.8. The first kappa shape index (κ1) is 8.93. The van der Waals surface area contributed by atoms with Crippen molar-refractivity contribution in [2.45, 2.75) is 0 Å². The van der Waals surface area contributed by atoms with E-state index >= 15 is 0 Å². The molecule has 1 rings (SSSR count). The van der Waals surface area contributed by atoms with E-state index in [0.29, 0.717) is 11.3 Å². The molecular weight excluding hydrogens is 222 g/mol. The van der Waals surface area contributed by atoms with E-state index in [1.807, 2.05) is 0 Å². The van der Waals surface area contributed by atoms with Gasteiger partial charge in [-0.25, -0.2) is 0 Å². The number of hydrogen-bond donors (Lipinski definition) is 2. The van der Waals surface area contributed by atoms with Gasteiger partial charge in [-0.3, -0.25) is 0 Å². The summed E-state index contributed by atoms with van der Waals surface area (Å²) in [6, 6.07) is 4.88. The number of benzene rings is 1. The molecule has 0 aromatic heterocycles. The minimum atomic E-state index is -0.130. The summed E-state index contributed by atoms with van der Waals surface area (Å²) in [6.45, 7) is 3.33. The van der Waals surface area contributed by atoms with Gasteiger partial charge in [0.15, 0.2) is 0 Å². The summed E-state index contributed by atoms with van der Waals surface area (Å²) in [4.78, 5) is 10.4. The molecule has 0 saturated carbocycles. The normalized spacial score (nSPS) is 9.42. The topological polar surface area (TPSA) is 51.3 Å². The molecule has 0 atom stereocenters. The number of aliphatic hydroxyl groups excluding tert-OH is 1. The van der Waals surface area contributed by atoms with Crippen LogP contribution in [0.25, 0.3) is 5.76 Å². The van der Waals surface area contributed by atoms with Crippen LogP contribution in [0, 0.1) is 4.91 Å². The second kappa shape index (κ2) is 3.49. The van der Waals surface area contributed by atoms with E-state index in [0.717, 1.165) is 4.47 Å². The quantitative estimate of drug-likeness (QED) is 0.754. The second-order valence-corrected chi connectivity index (χ2v) is 3.15. The molecule has 0 heterocycles. The Morgan fingerprint density at radius 3 is 2.75 bits per heavy atom. The average Bonchev–Trinajstić information content (AvgIpc) is 2.04. The molecule has 0 spiro atoms. The van der Waals surface area contributed by atoms with Crippen molar-refractivity contribution in [3.05, 3.63) is 39.7 Å². The third-order valence-corrected chi connectivity index (χ3v) is 1.90. The number of hydrogen-bond acceptors (Lipinski definition) is 2. The molecule has 0 aliphatic carbocycles. The highest BCUT2D eigenvalue weighted by molar-refractivity contribution is 9.10. The number of aliphatic hydroxyl groups is 1. The SMILES string of the molecule is C=C(O)c1cc(Br)ccc1[NH+]=O. The molecule has 62 valence electrons. The molecule has 1 aromatic rings. The molecule has 3 nitrogen and oxygen atoms in total. The standard InChI is InChI=1S/C8H6BrNO2/c1-5(11)7-4-6(9)2-3-8(7)10-12/h2-4,11H,1H2/p+1. The van der Waals surface area contributed by atoms with Gasteiger partial charge in [0.2, 0.25) is 0 Å². The number of nitroso groups, excluding NO2 is 1. The van der Waals surface area contributed by atoms with Crippen LogP contribution in [0.3, 0.4) is 0 Å². The van der Waals surface area contributed by atoms with Gasteiger partial charge in [-0.1, -0.05) is 22.5 Å². The number of halogens is 1. The highest BCUT2D eigenvalue weighted by atomic mass is 79.9. The molecule has 0 aliphatic heterocycles. The zero-order valence-electron chi connectivity index (χ0n) is 6.17. The third kappa shape index (κ3) is 1.71. The van der Waals surface area contributed by atoms with Crippen LogP contribution in [0.1, 0.15) is 5.56 Å². The minimum Gasteiger partial charge on any atom is -0.508 e. The maximum atomic E-state index is 10.4. The van der Waals surface area contributed by atoms with E-state index in [1.54, 1.807) is 23.4 Å². The first-order chi connectivity index (χ1) is 5.65. The largest absolute Gasteiger partial charge is 0.508 e. The zero-order chi connectivity index (χ0) is 9.14. The highest BCUT2D eigenvalue weighted by Crippen LogP contribution is 2.21. The highest BCUT2D eigenvalue weighted by Gasteiger charge is 2.10. The molecule has 0 saturated heterocycles. The van der Waals surface area contributed by atoms with Crippen molar-refractivity contribution in [2.24, 2.45) is 0 Å². The van der Waals surface area contributed by atoms with Gasteiger partial charge in [0.05, 0.1) is 5.56 Å². The fraction of sp³-hybridized carbons (Fsp3) is 0. The summed E-state index contributed by atoms with van der Waals surface area (Å²) in [5.41, 5.74) is 0.713. The van der Waals surface area contributed by atoms with Crippen molar-refractivity contribution >= 4 is 27.4 Å². The maximum absolute atomic E-state index is 10.4. The van der Waals surface area contributed by atoms with Gasteiger partial charge in [0.25, 0.3) is 5.69 Å². The van der Waals surface area contributed by atoms with Crippen LogP contribution >= 0.6 is 15.9 Å². The van der Waals surface area contributed by atoms with Crippen molar-refractivity contribution in [1.29, 1.82) is 0 Å². The molecule has 0 amide bonds. The van der Waals surface area contributed by atoms with Gasteiger partial charge in [-0.15, -0.1) is 0 Å². The smallest absolute Gasteiger partial charge is 0.264 e. The summed E-state index contributed by atoms with van der Waals surface area (Å²) in [6.07, 6.45) is 0. The fourth-order valence-corrected chi connectivity index (χ4v) is 1.21. The molecule has 0 fully saturated rings. The molecule has 0 radical (unpaired) electrons. The molecular formula is C8H7BrNO2+. The molecule has 0 aliphatic rings. The Morgan fingerprint density at radius 1 is 1.58 bits per heavy atom. The first-order valence-corrected chi connectivity index (χ1v) is 4.00. The maximum Gasteiger partial charge on any atom is 0.264 e. The lowest BCUT2D eigenvalue weighted by Gasteiger charge is -1.97. The van der Waals surface area contributed by atoms with Crippen LogP contribution < -0.4 is 5.18 Å². The van der Waals surface area contributed by atoms with Gasteiger partial charge in [-0.2, -0.15) is 0 Å². The molecule has 1 aromatic carbocycles.